The summed E-state index contributed by atoms with van der Waals surface area (Å²) >= 11 is 3.15. The van der Waals surface area contributed by atoms with E-state index in [4.69, 9.17) is 5.26 Å². The summed E-state index contributed by atoms with van der Waals surface area (Å²) in [5.41, 5.74) is 0.832. The van der Waals surface area contributed by atoms with Gasteiger partial charge in [-0.1, -0.05) is 28.1 Å². The van der Waals surface area contributed by atoms with Gasteiger partial charge < -0.3 is 0 Å². The van der Waals surface area contributed by atoms with Gasteiger partial charge in [-0.3, -0.25) is 0 Å². The quantitative estimate of drug-likeness (QED) is 0.714. The Labute approximate surface area is 79.0 Å². The molecule has 0 saturated heterocycles. The van der Waals surface area contributed by atoms with Crippen molar-refractivity contribution in [2.24, 2.45) is 0 Å². The van der Waals surface area contributed by atoms with Crippen LogP contribution in [0.1, 0.15) is 5.56 Å². The second-order valence-corrected chi connectivity index (χ2v) is 3.54. The van der Waals surface area contributed by atoms with Crippen molar-refractivity contribution in [1.82, 2.24) is 0 Å². The molecule has 0 radical (unpaired) electrons. The minimum absolute atomic E-state index is 0.237. The fourth-order valence-electron chi connectivity index (χ4n) is 0.917. The summed E-state index contributed by atoms with van der Waals surface area (Å²) in [5, 5.41) is 8.47. The number of nitrogens with zero attached hydrogens (tertiary/aromatic N) is 1. The Kier molecular flexibility index (Phi) is 3.24. The Bertz CT molecular complexity index is 306. The normalized spacial score (nSPS) is 12.1. The van der Waals surface area contributed by atoms with E-state index in [9.17, 15) is 4.39 Å². The zero-order valence-corrected chi connectivity index (χ0v) is 7.88. The molecule has 0 saturated carbocycles. The van der Waals surface area contributed by atoms with E-state index in [0.717, 1.165) is 5.56 Å². The fourth-order valence-corrected chi connectivity index (χ4v) is 1.29. The highest BCUT2D eigenvalue weighted by Crippen LogP contribution is 2.10. The van der Waals surface area contributed by atoms with Gasteiger partial charge in [0.25, 0.3) is 0 Å². The molecule has 0 aromatic heterocycles. The van der Waals surface area contributed by atoms with E-state index in [1.54, 1.807) is 12.1 Å². The molecule has 1 atom stereocenters. The number of nitriles is 1. The van der Waals surface area contributed by atoms with Crippen LogP contribution in [0, 0.1) is 17.1 Å². The predicted molar refractivity (Wildman–Crippen MR) is 48.4 cm³/mol. The lowest BCUT2D eigenvalue weighted by Crippen LogP contribution is -1.98. The molecule has 0 heterocycles. The molecular weight excluding hydrogens is 221 g/mol. The van der Waals surface area contributed by atoms with Gasteiger partial charge in [-0.25, -0.2) is 4.39 Å². The molecular formula is C9H7BrFN. The minimum Gasteiger partial charge on any atom is -0.207 e. The summed E-state index contributed by atoms with van der Waals surface area (Å²) in [7, 11) is 0. The number of hydrogen-bond acceptors (Lipinski definition) is 1. The van der Waals surface area contributed by atoms with Crippen LogP contribution in [0.25, 0.3) is 0 Å². The van der Waals surface area contributed by atoms with Crippen LogP contribution in [-0.4, -0.2) is 4.83 Å². The topological polar surface area (TPSA) is 23.8 Å². The van der Waals surface area contributed by atoms with Gasteiger partial charge in [0, 0.05) is 0 Å². The summed E-state index contributed by atoms with van der Waals surface area (Å²) in [6.07, 6.45) is 0.536. The smallest absolute Gasteiger partial charge is 0.123 e. The average Bonchev–Trinajstić information content (AvgIpc) is 2.04. The number of benzene rings is 1. The van der Waals surface area contributed by atoms with Gasteiger partial charge in [0.1, 0.15) is 10.6 Å². The highest BCUT2D eigenvalue weighted by atomic mass is 79.9. The molecule has 1 unspecified atom stereocenters. The van der Waals surface area contributed by atoms with E-state index in [0.29, 0.717) is 6.42 Å². The lowest BCUT2D eigenvalue weighted by atomic mass is 10.1. The second-order valence-electron chi connectivity index (χ2n) is 2.43. The van der Waals surface area contributed by atoms with Crippen LogP contribution in [0.4, 0.5) is 4.39 Å². The Morgan fingerprint density at radius 3 is 2.92 bits per heavy atom. The van der Waals surface area contributed by atoms with Gasteiger partial charge in [-0.2, -0.15) is 5.26 Å². The molecule has 62 valence electrons. The van der Waals surface area contributed by atoms with Gasteiger partial charge >= 0.3 is 0 Å². The Morgan fingerprint density at radius 1 is 1.58 bits per heavy atom. The lowest BCUT2D eigenvalue weighted by molar-refractivity contribution is 0.625. The Hall–Kier alpha value is -0.880. The Morgan fingerprint density at radius 2 is 2.33 bits per heavy atom. The average molecular weight is 228 g/mol. The molecule has 1 aromatic rings. The molecule has 0 aliphatic heterocycles. The van der Waals surface area contributed by atoms with Crippen molar-refractivity contribution in [3.63, 3.8) is 0 Å². The van der Waals surface area contributed by atoms with Crippen LogP contribution in [0.2, 0.25) is 0 Å². The zero-order valence-electron chi connectivity index (χ0n) is 6.30. The maximum absolute atomic E-state index is 12.6. The molecule has 1 nitrogen and oxygen atoms in total. The maximum Gasteiger partial charge on any atom is 0.123 e. The monoisotopic (exact) mass is 227 g/mol. The van der Waals surface area contributed by atoms with Crippen LogP contribution in [0.5, 0.6) is 0 Å². The summed E-state index contributed by atoms with van der Waals surface area (Å²) in [6, 6.07) is 8.29. The van der Waals surface area contributed by atoms with E-state index >= 15 is 0 Å². The third-order valence-electron chi connectivity index (χ3n) is 1.44. The van der Waals surface area contributed by atoms with E-state index in [2.05, 4.69) is 15.9 Å². The summed E-state index contributed by atoms with van der Waals surface area (Å²) in [6.45, 7) is 0. The molecule has 0 aliphatic carbocycles. The van der Waals surface area contributed by atoms with E-state index in [-0.39, 0.29) is 10.6 Å². The first kappa shape index (κ1) is 9.21. The third kappa shape index (κ3) is 2.63. The summed E-state index contributed by atoms with van der Waals surface area (Å²) < 4.78 is 12.6. The molecule has 12 heavy (non-hydrogen) atoms. The molecule has 0 amide bonds. The SMILES string of the molecule is N#CC(Br)Cc1cccc(F)c1. The van der Waals surface area contributed by atoms with Gasteiger partial charge in [0.2, 0.25) is 0 Å². The molecule has 0 N–H and O–H groups in total. The predicted octanol–water partition coefficient (Wildman–Crippen LogP) is 2.66. The van der Waals surface area contributed by atoms with E-state index in [1.807, 2.05) is 6.07 Å². The van der Waals surface area contributed by atoms with Crippen LogP contribution in [-0.2, 0) is 6.42 Å². The first-order valence-corrected chi connectivity index (χ1v) is 4.42. The van der Waals surface area contributed by atoms with Crippen molar-refractivity contribution in [1.29, 1.82) is 5.26 Å². The van der Waals surface area contributed by atoms with Gasteiger partial charge in [-0.05, 0) is 24.1 Å². The standard InChI is InChI=1S/C9H7BrFN/c10-8(6-12)4-7-2-1-3-9(11)5-7/h1-3,5,8H,4H2. The lowest BCUT2D eigenvalue weighted by Gasteiger charge is -2.00. The van der Waals surface area contributed by atoms with Crippen LogP contribution < -0.4 is 0 Å². The van der Waals surface area contributed by atoms with E-state index < -0.39 is 0 Å². The third-order valence-corrected chi connectivity index (χ3v) is 1.97. The number of halogens is 2. The Balaban J connectivity index is 2.71. The minimum atomic E-state index is -0.259. The van der Waals surface area contributed by atoms with Crippen molar-refractivity contribution < 1.29 is 4.39 Å². The highest BCUT2D eigenvalue weighted by molar-refractivity contribution is 9.09. The van der Waals surface area contributed by atoms with Crippen molar-refractivity contribution in [3.05, 3.63) is 35.6 Å². The molecule has 0 fully saturated rings. The van der Waals surface area contributed by atoms with Gasteiger partial charge in [-0.15, -0.1) is 0 Å². The van der Waals surface area contributed by atoms with Crippen molar-refractivity contribution in [3.8, 4) is 6.07 Å². The van der Waals surface area contributed by atoms with Crippen LogP contribution >= 0.6 is 15.9 Å². The van der Waals surface area contributed by atoms with Crippen molar-refractivity contribution in [2.75, 3.05) is 0 Å². The molecule has 0 bridgehead atoms. The largest absolute Gasteiger partial charge is 0.207 e. The van der Waals surface area contributed by atoms with Crippen molar-refractivity contribution >= 4 is 15.9 Å². The first-order chi connectivity index (χ1) is 5.72. The number of hydrogen-bond donors (Lipinski definition) is 0. The molecule has 0 spiro atoms. The maximum atomic E-state index is 12.6. The van der Waals surface area contributed by atoms with Crippen molar-refractivity contribution in [2.45, 2.75) is 11.2 Å². The van der Waals surface area contributed by atoms with Crippen LogP contribution in [0.3, 0.4) is 0 Å². The fraction of sp³-hybridized carbons (Fsp3) is 0.222. The molecule has 3 heteroatoms. The number of alkyl halides is 1. The highest BCUT2D eigenvalue weighted by Gasteiger charge is 2.03. The second kappa shape index (κ2) is 4.22. The molecule has 1 aromatic carbocycles. The zero-order chi connectivity index (χ0) is 8.97. The van der Waals surface area contributed by atoms with E-state index in [1.165, 1.54) is 12.1 Å². The number of rotatable bonds is 2. The van der Waals surface area contributed by atoms with Gasteiger partial charge in [0.15, 0.2) is 0 Å². The summed E-state index contributed by atoms with van der Waals surface area (Å²) in [5.74, 6) is -0.259. The van der Waals surface area contributed by atoms with Crippen LogP contribution in [0.15, 0.2) is 24.3 Å². The van der Waals surface area contributed by atoms with Gasteiger partial charge in [0.05, 0.1) is 6.07 Å². The molecule has 0 aliphatic rings. The first-order valence-electron chi connectivity index (χ1n) is 3.50. The summed E-state index contributed by atoms with van der Waals surface area (Å²) in [4.78, 5) is -0.237. The molecule has 1 rings (SSSR count).